The average Bonchev–Trinajstić information content (AvgIpc) is 3.00. The van der Waals surface area contributed by atoms with Gasteiger partial charge in [-0.3, -0.25) is 14.5 Å². The van der Waals surface area contributed by atoms with Gasteiger partial charge in [0.05, 0.1) is 50.1 Å². The molecule has 2 amide bonds. The molecule has 3 N–H and O–H groups in total. The van der Waals surface area contributed by atoms with Gasteiger partial charge in [-0.2, -0.15) is 0 Å². The van der Waals surface area contributed by atoms with Gasteiger partial charge in [-0.15, -0.1) is 0 Å². The highest BCUT2D eigenvalue weighted by Crippen LogP contribution is 2.38. The molecule has 0 spiro atoms. The number of hydrogen-bond donors (Lipinski definition) is 2. The number of methoxy groups -OCH3 is 2. The van der Waals surface area contributed by atoms with Crippen LogP contribution >= 0.6 is 23.2 Å². The van der Waals surface area contributed by atoms with Crippen molar-refractivity contribution in [2.75, 3.05) is 58.5 Å². The molecule has 0 bridgehead atoms. The first-order valence-corrected chi connectivity index (χ1v) is 14.4. The van der Waals surface area contributed by atoms with Crippen LogP contribution in [0, 0.1) is 0 Å². The van der Waals surface area contributed by atoms with Gasteiger partial charge < -0.3 is 30.2 Å². The lowest BCUT2D eigenvalue weighted by Crippen LogP contribution is -2.51. The number of amides is 2. The second-order valence-electron chi connectivity index (χ2n) is 10.0. The summed E-state index contributed by atoms with van der Waals surface area (Å²) in [6, 6.07) is 17.6. The van der Waals surface area contributed by atoms with E-state index in [1.807, 2.05) is 42.5 Å². The summed E-state index contributed by atoms with van der Waals surface area (Å²) in [6.07, 6.45) is 0. The summed E-state index contributed by atoms with van der Waals surface area (Å²) in [6.45, 7) is 4.94. The van der Waals surface area contributed by atoms with Gasteiger partial charge in [-0.25, -0.2) is 0 Å². The third kappa shape index (κ3) is 7.66. The van der Waals surface area contributed by atoms with Crippen molar-refractivity contribution < 1.29 is 23.8 Å². The molecule has 11 heteroatoms. The molecule has 3 aromatic rings. The Morgan fingerprint density at radius 1 is 1.02 bits per heavy atom. The summed E-state index contributed by atoms with van der Waals surface area (Å²) >= 11 is 12.3. The quantitative estimate of drug-likeness (QED) is 0.308. The van der Waals surface area contributed by atoms with E-state index in [1.54, 1.807) is 44.2 Å². The number of nitrogens with two attached hydrogens (primary N) is 1. The van der Waals surface area contributed by atoms with Crippen LogP contribution in [0.2, 0.25) is 10.0 Å². The number of carbonyl (C=O) groups excluding carboxylic acids is 2. The van der Waals surface area contributed by atoms with E-state index < -0.39 is 11.9 Å². The Bertz CT molecular complexity index is 1380. The molecule has 4 rings (SSSR count). The average molecular weight is 616 g/mol. The molecule has 1 aliphatic rings. The van der Waals surface area contributed by atoms with Crippen molar-refractivity contribution in [3.05, 3.63) is 76.3 Å². The standard InChI is InChI=1S/C31H36Cl2N4O5/c1-20(37(19-29(34)38)23-11-12-25(32)26(33)17-23)31(39)35-27(18-36-13-15-42-16-14-36)22-9-7-21(8-10-22)24-5-4-6-28(40-2)30(24)41-3/h4-12,17,20,27H,13-16,18-19H2,1-3H3,(H2,34,38)(H,35,39). The summed E-state index contributed by atoms with van der Waals surface area (Å²) < 4.78 is 16.6. The van der Waals surface area contributed by atoms with Crippen LogP contribution in [0.5, 0.6) is 11.5 Å². The molecule has 1 saturated heterocycles. The summed E-state index contributed by atoms with van der Waals surface area (Å²) in [5, 5.41) is 3.90. The van der Waals surface area contributed by atoms with E-state index in [0.29, 0.717) is 47.0 Å². The number of ether oxygens (including phenoxy) is 3. The van der Waals surface area contributed by atoms with Crippen LogP contribution in [0.1, 0.15) is 18.5 Å². The predicted molar refractivity (Wildman–Crippen MR) is 166 cm³/mol. The Balaban J connectivity index is 1.61. The number of morpholine rings is 1. The van der Waals surface area contributed by atoms with Crippen LogP contribution in [0.25, 0.3) is 11.1 Å². The molecule has 42 heavy (non-hydrogen) atoms. The van der Waals surface area contributed by atoms with E-state index in [1.165, 1.54) is 0 Å². The minimum Gasteiger partial charge on any atom is -0.493 e. The fourth-order valence-corrected chi connectivity index (χ4v) is 5.30. The maximum atomic E-state index is 13.7. The Hall–Kier alpha value is -3.50. The lowest BCUT2D eigenvalue weighted by molar-refractivity contribution is -0.123. The van der Waals surface area contributed by atoms with E-state index in [-0.39, 0.29) is 18.5 Å². The predicted octanol–water partition coefficient (Wildman–Crippen LogP) is 4.55. The lowest BCUT2D eigenvalue weighted by Gasteiger charge is -2.34. The highest BCUT2D eigenvalue weighted by Gasteiger charge is 2.28. The Labute approximate surface area is 256 Å². The van der Waals surface area contributed by atoms with Gasteiger partial charge in [0.1, 0.15) is 6.04 Å². The number of halogens is 2. The molecule has 224 valence electrons. The number of para-hydroxylation sites is 1. The van der Waals surface area contributed by atoms with Gasteiger partial charge in [0.25, 0.3) is 0 Å². The zero-order chi connectivity index (χ0) is 30.2. The van der Waals surface area contributed by atoms with E-state index >= 15 is 0 Å². The Kier molecular flexibility index (Phi) is 10.9. The molecule has 0 aromatic heterocycles. The lowest BCUT2D eigenvalue weighted by atomic mass is 9.99. The topological polar surface area (TPSA) is 106 Å². The largest absolute Gasteiger partial charge is 0.493 e. The van der Waals surface area contributed by atoms with E-state index in [4.69, 9.17) is 43.1 Å². The summed E-state index contributed by atoms with van der Waals surface area (Å²) in [4.78, 5) is 29.6. The van der Waals surface area contributed by atoms with Gasteiger partial charge in [-0.05, 0) is 42.3 Å². The van der Waals surface area contributed by atoms with E-state index in [2.05, 4.69) is 10.2 Å². The fraction of sp³-hybridized carbons (Fsp3) is 0.355. The molecule has 3 aromatic carbocycles. The van der Waals surface area contributed by atoms with Gasteiger partial charge in [-0.1, -0.05) is 59.6 Å². The van der Waals surface area contributed by atoms with Crippen molar-refractivity contribution in [3.8, 4) is 22.6 Å². The second-order valence-corrected chi connectivity index (χ2v) is 10.8. The van der Waals surface area contributed by atoms with Crippen LogP contribution < -0.4 is 25.4 Å². The molecule has 2 atom stereocenters. The molecular formula is C31H36Cl2N4O5. The third-order valence-corrected chi connectivity index (χ3v) is 8.03. The first kappa shape index (κ1) is 31.4. The molecule has 0 saturated carbocycles. The number of rotatable bonds is 12. The second kappa shape index (κ2) is 14.6. The maximum Gasteiger partial charge on any atom is 0.242 e. The van der Waals surface area contributed by atoms with Crippen LogP contribution in [0.3, 0.4) is 0 Å². The fourth-order valence-electron chi connectivity index (χ4n) is 5.00. The molecular weight excluding hydrogens is 579 g/mol. The Morgan fingerprint density at radius 2 is 1.74 bits per heavy atom. The zero-order valence-corrected chi connectivity index (χ0v) is 25.5. The van der Waals surface area contributed by atoms with Gasteiger partial charge in [0, 0.05) is 30.9 Å². The summed E-state index contributed by atoms with van der Waals surface area (Å²) in [5.41, 5.74) is 8.89. The minimum absolute atomic E-state index is 0.169. The number of hydrogen-bond acceptors (Lipinski definition) is 7. The minimum atomic E-state index is -0.734. The van der Waals surface area contributed by atoms with E-state index in [0.717, 1.165) is 29.8 Å². The third-order valence-electron chi connectivity index (χ3n) is 7.30. The Morgan fingerprint density at radius 3 is 2.36 bits per heavy atom. The zero-order valence-electron chi connectivity index (χ0n) is 23.9. The number of anilines is 1. The van der Waals surface area contributed by atoms with Crippen LogP contribution in [-0.2, 0) is 14.3 Å². The molecule has 1 aliphatic heterocycles. The van der Waals surface area contributed by atoms with Crippen molar-refractivity contribution >= 4 is 40.7 Å². The number of nitrogens with zero attached hydrogens (tertiary/aromatic N) is 2. The first-order valence-electron chi connectivity index (χ1n) is 13.6. The molecule has 2 unspecified atom stereocenters. The molecule has 9 nitrogen and oxygen atoms in total. The van der Waals surface area contributed by atoms with Crippen molar-refractivity contribution in [3.63, 3.8) is 0 Å². The normalized spacial score (nSPS) is 15.0. The number of nitrogens with one attached hydrogen (secondary N) is 1. The van der Waals surface area contributed by atoms with Crippen LogP contribution in [0.4, 0.5) is 5.69 Å². The van der Waals surface area contributed by atoms with Crippen molar-refractivity contribution in [1.82, 2.24) is 10.2 Å². The van der Waals surface area contributed by atoms with Crippen molar-refractivity contribution in [1.29, 1.82) is 0 Å². The number of benzene rings is 3. The maximum absolute atomic E-state index is 13.7. The first-order chi connectivity index (χ1) is 20.2. The van der Waals surface area contributed by atoms with Crippen molar-refractivity contribution in [2.45, 2.75) is 19.0 Å². The SMILES string of the molecule is COc1cccc(-c2ccc(C(CN3CCOCC3)NC(=O)C(C)N(CC(N)=O)c3ccc(Cl)c(Cl)c3)cc2)c1OC. The van der Waals surface area contributed by atoms with Crippen LogP contribution in [0.15, 0.2) is 60.7 Å². The number of primary amides is 1. The van der Waals surface area contributed by atoms with Gasteiger partial charge >= 0.3 is 0 Å². The summed E-state index contributed by atoms with van der Waals surface area (Å²) in [5.74, 6) is 0.456. The van der Waals surface area contributed by atoms with E-state index in [9.17, 15) is 9.59 Å². The summed E-state index contributed by atoms with van der Waals surface area (Å²) in [7, 11) is 3.22. The smallest absolute Gasteiger partial charge is 0.242 e. The van der Waals surface area contributed by atoms with Crippen LogP contribution in [-0.4, -0.2) is 76.4 Å². The highest BCUT2D eigenvalue weighted by molar-refractivity contribution is 6.42. The molecule has 1 heterocycles. The van der Waals surface area contributed by atoms with Crippen molar-refractivity contribution in [2.24, 2.45) is 5.73 Å². The monoisotopic (exact) mass is 614 g/mol. The molecule has 0 aliphatic carbocycles. The molecule has 1 fully saturated rings. The van der Waals surface area contributed by atoms with Gasteiger partial charge in [0.15, 0.2) is 11.5 Å². The van der Waals surface area contributed by atoms with Gasteiger partial charge in [0.2, 0.25) is 11.8 Å². The highest BCUT2D eigenvalue weighted by atomic mass is 35.5. The molecule has 0 radical (unpaired) electrons. The number of carbonyl (C=O) groups is 2.